The Morgan fingerprint density at radius 1 is 1.03 bits per heavy atom. The lowest BCUT2D eigenvalue weighted by molar-refractivity contribution is -0.274. The molecule has 0 radical (unpaired) electrons. The van der Waals surface area contributed by atoms with E-state index in [2.05, 4.69) is 10.1 Å². The minimum Gasteiger partial charge on any atom is -0.452 e. The molecule has 0 saturated heterocycles. The fourth-order valence-electron chi connectivity index (χ4n) is 4.00. The topological polar surface area (TPSA) is 96.2 Å². The van der Waals surface area contributed by atoms with E-state index < -0.39 is 29.7 Å². The largest absolute Gasteiger partial charge is 0.573 e. The molecule has 0 aliphatic carbocycles. The van der Waals surface area contributed by atoms with Crippen LogP contribution in [0.15, 0.2) is 58.1 Å². The molecule has 1 aromatic heterocycles. The minimum absolute atomic E-state index is 0.000361. The van der Waals surface area contributed by atoms with Gasteiger partial charge in [0.05, 0.1) is 26.4 Å². The van der Waals surface area contributed by atoms with Crippen molar-refractivity contribution in [2.45, 2.75) is 25.8 Å². The van der Waals surface area contributed by atoms with Crippen LogP contribution < -0.4 is 30.9 Å². The van der Waals surface area contributed by atoms with Crippen molar-refractivity contribution in [2.75, 3.05) is 37.1 Å². The summed E-state index contributed by atoms with van der Waals surface area (Å²) in [5.74, 6) is -0.230. The summed E-state index contributed by atoms with van der Waals surface area (Å²) < 4.78 is 60.8. The number of ether oxygens (including phenoxy) is 4. The van der Waals surface area contributed by atoms with E-state index in [1.165, 1.54) is 30.9 Å². The highest BCUT2D eigenvalue weighted by Gasteiger charge is 2.37. The number of rotatable bonds is 11. The highest BCUT2D eigenvalue weighted by Crippen LogP contribution is 2.34. The molecule has 1 atom stereocenters. The maximum absolute atomic E-state index is 13.6. The van der Waals surface area contributed by atoms with Crippen molar-refractivity contribution in [3.8, 4) is 11.5 Å². The lowest BCUT2D eigenvalue weighted by atomic mass is 10.2. The van der Waals surface area contributed by atoms with E-state index in [0.29, 0.717) is 18.2 Å². The summed E-state index contributed by atoms with van der Waals surface area (Å²) in [7, 11) is 3.03. The summed E-state index contributed by atoms with van der Waals surface area (Å²) in [5.41, 5.74) is -0.240. The summed E-state index contributed by atoms with van der Waals surface area (Å²) in [6.07, 6.45) is -5.93. The van der Waals surface area contributed by atoms with E-state index in [-0.39, 0.29) is 37.0 Å². The van der Waals surface area contributed by atoms with E-state index in [0.717, 1.165) is 22.3 Å². The second-order valence-electron chi connectivity index (χ2n) is 8.49. The van der Waals surface area contributed by atoms with Gasteiger partial charge in [-0.1, -0.05) is 29.8 Å². The van der Waals surface area contributed by atoms with Gasteiger partial charge in [0.2, 0.25) is 0 Å². The van der Waals surface area contributed by atoms with Crippen LogP contribution in [0.2, 0.25) is 5.02 Å². The molecule has 0 spiro atoms. The average Bonchev–Trinajstić information content (AvgIpc) is 3.22. The van der Waals surface area contributed by atoms with Gasteiger partial charge >= 0.3 is 12.1 Å². The number of anilines is 2. The van der Waals surface area contributed by atoms with Crippen molar-refractivity contribution in [3.05, 3.63) is 80.0 Å². The molecular weight excluding hydrogens is 545 g/mol. The normalized spacial score (nSPS) is 14.7. The van der Waals surface area contributed by atoms with Crippen molar-refractivity contribution in [1.29, 1.82) is 0 Å². The second kappa shape index (κ2) is 12.0. The molecule has 39 heavy (non-hydrogen) atoms. The lowest BCUT2D eigenvalue weighted by Gasteiger charge is -2.27. The summed E-state index contributed by atoms with van der Waals surface area (Å²) in [6.45, 7) is 0.920. The Morgan fingerprint density at radius 3 is 2.44 bits per heavy atom. The van der Waals surface area contributed by atoms with Gasteiger partial charge in [0.15, 0.2) is 0 Å². The maximum atomic E-state index is 13.6. The number of fused-ring (bicyclic) bond motifs is 1. The molecule has 2 aromatic carbocycles. The first-order valence-corrected chi connectivity index (χ1v) is 12.2. The molecule has 1 unspecified atom stereocenters. The Balaban J connectivity index is 1.68. The maximum Gasteiger partial charge on any atom is 0.573 e. The van der Waals surface area contributed by atoms with Crippen LogP contribution in [0.5, 0.6) is 11.5 Å². The van der Waals surface area contributed by atoms with Gasteiger partial charge in [-0.2, -0.15) is 0 Å². The quantitative estimate of drug-likeness (QED) is 0.350. The Labute approximate surface area is 226 Å². The molecule has 1 aliphatic rings. The third-order valence-corrected chi connectivity index (χ3v) is 6.05. The van der Waals surface area contributed by atoms with Crippen LogP contribution in [-0.2, 0) is 29.6 Å². The van der Waals surface area contributed by atoms with Gasteiger partial charge < -0.3 is 29.2 Å². The highest BCUT2D eigenvalue weighted by atomic mass is 35.5. The van der Waals surface area contributed by atoms with E-state index in [4.69, 9.17) is 25.8 Å². The number of benzene rings is 2. The van der Waals surface area contributed by atoms with Crippen LogP contribution in [-0.4, -0.2) is 48.8 Å². The Bertz CT molecular complexity index is 1410. The summed E-state index contributed by atoms with van der Waals surface area (Å²) >= 11 is 6.02. The summed E-state index contributed by atoms with van der Waals surface area (Å²) in [6, 6.07) is 11.9. The van der Waals surface area contributed by atoms with Crippen molar-refractivity contribution < 1.29 is 32.1 Å². The van der Waals surface area contributed by atoms with Crippen LogP contribution in [0.4, 0.5) is 24.7 Å². The molecule has 0 bridgehead atoms. The number of aromatic nitrogens is 2. The molecular formula is C25H26ClF3N4O6. The van der Waals surface area contributed by atoms with Gasteiger partial charge in [-0.3, -0.25) is 13.9 Å². The minimum atomic E-state index is -4.88. The molecule has 1 aliphatic heterocycles. The van der Waals surface area contributed by atoms with Gasteiger partial charge in [0, 0.05) is 31.8 Å². The first-order chi connectivity index (χ1) is 18.6. The van der Waals surface area contributed by atoms with Crippen LogP contribution in [0.25, 0.3) is 0 Å². The van der Waals surface area contributed by atoms with Crippen molar-refractivity contribution in [3.63, 3.8) is 0 Å². The molecule has 14 heteroatoms. The third kappa shape index (κ3) is 6.85. The zero-order valence-electron chi connectivity index (χ0n) is 21.0. The molecule has 0 fully saturated rings. The molecule has 10 nitrogen and oxygen atoms in total. The van der Waals surface area contributed by atoms with Gasteiger partial charge in [-0.25, -0.2) is 4.79 Å². The van der Waals surface area contributed by atoms with Crippen LogP contribution in [0, 0.1) is 0 Å². The molecule has 3 aromatic rings. The van der Waals surface area contributed by atoms with Gasteiger partial charge in [-0.15, -0.1) is 13.2 Å². The number of hydrogen-bond donors (Lipinski definition) is 1. The summed E-state index contributed by atoms with van der Waals surface area (Å²) in [4.78, 5) is 28.2. The standard InChI is InChI=1S/C25H26ClF3N4O6/c1-31-21-20(22(34)32(24(31)35)10-11-37-13-12-36-2)33(15-16-6-8-17(26)9-7-16)23(30-21)38-18-4-3-5-19(14-18)39-25(27,28)29/h3-9,14,23,30H,10-13,15H2,1-2H3. The zero-order chi connectivity index (χ0) is 28.2. The monoisotopic (exact) mass is 570 g/mol. The van der Waals surface area contributed by atoms with Gasteiger partial charge in [-0.05, 0) is 29.8 Å². The smallest absolute Gasteiger partial charge is 0.452 e. The summed E-state index contributed by atoms with van der Waals surface area (Å²) in [5, 5.41) is 3.53. The predicted molar refractivity (Wildman–Crippen MR) is 137 cm³/mol. The molecule has 0 amide bonds. The van der Waals surface area contributed by atoms with E-state index >= 15 is 0 Å². The van der Waals surface area contributed by atoms with Crippen LogP contribution in [0.3, 0.4) is 0 Å². The Kier molecular flexibility index (Phi) is 8.73. The van der Waals surface area contributed by atoms with E-state index in [9.17, 15) is 22.8 Å². The Hall–Kier alpha value is -3.68. The number of nitrogens with zero attached hydrogens (tertiary/aromatic N) is 3. The van der Waals surface area contributed by atoms with E-state index in [1.54, 1.807) is 29.2 Å². The second-order valence-corrected chi connectivity index (χ2v) is 8.93. The molecule has 1 N–H and O–H groups in total. The van der Waals surface area contributed by atoms with Crippen molar-refractivity contribution >= 4 is 23.1 Å². The predicted octanol–water partition coefficient (Wildman–Crippen LogP) is 3.56. The van der Waals surface area contributed by atoms with Gasteiger partial charge in [0.25, 0.3) is 11.9 Å². The Morgan fingerprint density at radius 2 is 1.74 bits per heavy atom. The van der Waals surface area contributed by atoms with Gasteiger partial charge in [0.1, 0.15) is 23.0 Å². The number of nitrogens with one attached hydrogen (secondary N) is 1. The van der Waals surface area contributed by atoms with E-state index in [1.807, 2.05) is 0 Å². The van der Waals surface area contributed by atoms with Crippen LogP contribution in [0.1, 0.15) is 5.56 Å². The van der Waals surface area contributed by atoms with Crippen LogP contribution >= 0.6 is 11.6 Å². The fraction of sp³-hybridized carbons (Fsp3) is 0.360. The highest BCUT2D eigenvalue weighted by molar-refractivity contribution is 6.30. The number of hydrogen-bond acceptors (Lipinski definition) is 8. The van der Waals surface area contributed by atoms with Crippen molar-refractivity contribution in [1.82, 2.24) is 9.13 Å². The third-order valence-electron chi connectivity index (χ3n) is 5.80. The lowest BCUT2D eigenvalue weighted by Crippen LogP contribution is -2.44. The SMILES string of the molecule is COCCOCCn1c(=O)c2c(n(C)c1=O)NC(Oc1cccc(OC(F)(F)F)c1)N2Cc1ccc(Cl)cc1. The average molecular weight is 571 g/mol. The van der Waals surface area contributed by atoms with Crippen molar-refractivity contribution in [2.24, 2.45) is 7.05 Å². The molecule has 210 valence electrons. The first-order valence-electron chi connectivity index (χ1n) is 11.8. The molecule has 0 saturated carbocycles. The zero-order valence-corrected chi connectivity index (χ0v) is 21.8. The number of methoxy groups -OCH3 is 1. The number of halogens is 4. The number of alkyl halides is 3. The molecule has 2 heterocycles. The fourth-order valence-corrected chi connectivity index (χ4v) is 4.13. The first kappa shape index (κ1) is 28.3. The molecule has 4 rings (SSSR count).